The van der Waals surface area contributed by atoms with Crippen molar-refractivity contribution in [2.75, 3.05) is 10.6 Å². The van der Waals surface area contributed by atoms with E-state index in [4.69, 9.17) is 0 Å². The molecule has 0 atom stereocenters. The van der Waals surface area contributed by atoms with E-state index in [9.17, 15) is 4.79 Å². The van der Waals surface area contributed by atoms with E-state index < -0.39 is 5.54 Å². The van der Waals surface area contributed by atoms with Crippen molar-refractivity contribution in [2.24, 2.45) is 0 Å². The van der Waals surface area contributed by atoms with E-state index in [2.05, 4.69) is 21.7 Å². The molecule has 20 heavy (non-hydrogen) atoms. The minimum absolute atomic E-state index is 0.0989. The molecule has 102 valence electrons. The molecular formula is C16H17N3O. The van der Waals surface area contributed by atoms with Gasteiger partial charge in [0.2, 0.25) is 5.91 Å². The second-order valence-corrected chi connectivity index (χ2v) is 5.79. The lowest BCUT2D eigenvalue weighted by Gasteiger charge is -2.41. The summed E-state index contributed by atoms with van der Waals surface area (Å²) in [4.78, 5) is 16.9. The molecule has 0 saturated heterocycles. The zero-order valence-electron chi connectivity index (χ0n) is 11.3. The fourth-order valence-electron chi connectivity index (χ4n) is 3.42. The molecule has 1 fully saturated rings. The molecule has 1 aromatic carbocycles. The Morgan fingerprint density at radius 3 is 2.75 bits per heavy atom. The number of rotatable bonds is 0. The van der Waals surface area contributed by atoms with Gasteiger partial charge in [0, 0.05) is 5.39 Å². The van der Waals surface area contributed by atoms with E-state index >= 15 is 0 Å². The molecule has 4 rings (SSSR count). The Bertz CT molecular complexity index is 689. The van der Waals surface area contributed by atoms with Crippen LogP contribution in [0.1, 0.15) is 32.1 Å². The van der Waals surface area contributed by atoms with E-state index in [1.54, 1.807) is 6.20 Å². The lowest BCUT2D eigenvalue weighted by Crippen LogP contribution is -2.53. The zero-order chi connectivity index (χ0) is 13.6. The van der Waals surface area contributed by atoms with Gasteiger partial charge in [0.25, 0.3) is 0 Å². The van der Waals surface area contributed by atoms with Gasteiger partial charge in [-0.25, -0.2) is 0 Å². The Morgan fingerprint density at radius 1 is 1.10 bits per heavy atom. The minimum atomic E-state index is -0.421. The fourth-order valence-corrected chi connectivity index (χ4v) is 3.42. The zero-order valence-corrected chi connectivity index (χ0v) is 11.3. The maximum atomic E-state index is 12.5. The number of nitrogens with zero attached hydrogens (tertiary/aromatic N) is 1. The van der Waals surface area contributed by atoms with E-state index in [0.29, 0.717) is 0 Å². The highest BCUT2D eigenvalue weighted by Crippen LogP contribution is 2.41. The van der Waals surface area contributed by atoms with Gasteiger partial charge in [-0.05, 0) is 18.9 Å². The van der Waals surface area contributed by atoms with Crippen LogP contribution < -0.4 is 10.6 Å². The van der Waals surface area contributed by atoms with Crippen molar-refractivity contribution < 1.29 is 4.79 Å². The third-order valence-electron chi connectivity index (χ3n) is 4.53. The number of anilines is 2. The summed E-state index contributed by atoms with van der Waals surface area (Å²) in [6, 6.07) is 8.05. The van der Waals surface area contributed by atoms with E-state index in [1.807, 2.05) is 18.2 Å². The summed E-state index contributed by atoms with van der Waals surface area (Å²) >= 11 is 0. The third-order valence-corrected chi connectivity index (χ3v) is 4.53. The van der Waals surface area contributed by atoms with Crippen molar-refractivity contribution in [1.29, 1.82) is 0 Å². The first-order valence-electron chi connectivity index (χ1n) is 7.26. The monoisotopic (exact) mass is 267 g/mol. The SMILES string of the molecule is O=C1Nc2cnc3ccccc3c2NC12CCCCC2. The number of nitrogens with one attached hydrogen (secondary N) is 2. The van der Waals surface area contributed by atoms with E-state index in [1.165, 1.54) is 6.42 Å². The highest BCUT2D eigenvalue weighted by atomic mass is 16.2. The summed E-state index contributed by atoms with van der Waals surface area (Å²) in [6.07, 6.45) is 7.01. The molecule has 2 aromatic rings. The number of amides is 1. The number of fused-ring (bicyclic) bond motifs is 3. The standard InChI is InChI=1S/C16H17N3O/c20-15-16(8-4-1-5-9-16)19-14-11-6-2-3-7-12(11)17-10-13(14)18-15/h2-3,6-7,10,19H,1,4-5,8-9H2,(H,18,20). The Hall–Kier alpha value is -2.10. The van der Waals surface area contributed by atoms with E-state index in [0.717, 1.165) is 48.0 Å². The number of hydrogen-bond donors (Lipinski definition) is 2. The van der Waals surface area contributed by atoms with Gasteiger partial charge >= 0.3 is 0 Å². The number of para-hydroxylation sites is 1. The molecule has 1 aliphatic heterocycles. The molecular weight excluding hydrogens is 250 g/mol. The van der Waals surface area contributed by atoms with Crippen molar-refractivity contribution in [3.63, 3.8) is 0 Å². The lowest BCUT2D eigenvalue weighted by molar-refractivity contribution is -0.121. The lowest BCUT2D eigenvalue weighted by atomic mass is 9.79. The third kappa shape index (κ3) is 1.60. The molecule has 2 aliphatic rings. The van der Waals surface area contributed by atoms with Crippen molar-refractivity contribution in [2.45, 2.75) is 37.6 Å². The number of hydrogen-bond acceptors (Lipinski definition) is 3. The van der Waals surface area contributed by atoms with Crippen LogP contribution in [0.25, 0.3) is 10.9 Å². The molecule has 0 bridgehead atoms. The average Bonchev–Trinajstić information content (AvgIpc) is 2.50. The van der Waals surface area contributed by atoms with Crippen LogP contribution in [0, 0.1) is 0 Å². The molecule has 0 radical (unpaired) electrons. The molecule has 4 nitrogen and oxygen atoms in total. The first kappa shape index (κ1) is 11.7. The topological polar surface area (TPSA) is 54.0 Å². The van der Waals surface area contributed by atoms with E-state index in [-0.39, 0.29) is 5.91 Å². The molecule has 1 aromatic heterocycles. The van der Waals surface area contributed by atoms with Crippen LogP contribution in [0.15, 0.2) is 30.5 Å². The second kappa shape index (κ2) is 4.20. The molecule has 1 aliphatic carbocycles. The largest absolute Gasteiger partial charge is 0.369 e. The minimum Gasteiger partial charge on any atom is -0.369 e. The Kier molecular flexibility index (Phi) is 2.46. The maximum Gasteiger partial charge on any atom is 0.250 e. The van der Waals surface area contributed by atoms with Gasteiger partial charge in [-0.3, -0.25) is 9.78 Å². The second-order valence-electron chi connectivity index (χ2n) is 5.79. The summed E-state index contributed by atoms with van der Waals surface area (Å²) in [6.45, 7) is 0. The first-order chi connectivity index (χ1) is 9.78. The molecule has 0 unspecified atom stereocenters. The maximum absolute atomic E-state index is 12.5. The molecule has 4 heteroatoms. The van der Waals surface area contributed by atoms with Crippen molar-refractivity contribution in [3.05, 3.63) is 30.5 Å². The van der Waals surface area contributed by atoms with Crippen LogP contribution in [0.4, 0.5) is 11.4 Å². The number of pyridine rings is 1. The van der Waals surface area contributed by atoms with Gasteiger partial charge in [-0.15, -0.1) is 0 Å². The van der Waals surface area contributed by atoms with Crippen molar-refractivity contribution >= 4 is 28.2 Å². The average molecular weight is 267 g/mol. The molecule has 1 saturated carbocycles. The smallest absolute Gasteiger partial charge is 0.250 e. The summed E-state index contributed by atoms with van der Waals surface area (Å²) in [5.41, 5.74) is 2.36. The number of carbonyl (C=O) groups is 1. The Labute approximate surface area is 117 Å². The summed E-state index contributed by atoms with van der Waals surface area (Å²) in [5, 5.41) is 7.68. The molecule has 2 heterocycles. The van der Waals surface area contributed by atoms with Gasteiger partial charge in [-0.1, -0.05) is 37.5 Å². The number of benzene rings is 1. The van der Waals surface area contributed by atoms with Crippen molar-refractivity contribution in [3.8, 4) is 0 Å². The van der Waals surface area contributed by atoms with Gasteiger partial charge in [0.1, 0.15) is 5.54 Å². The normalized spacial score (nSPS) is 20.3. The Morgan fingerprint density at radius 2 is 1.90 bits per heavy atom. The molecule has 1 spiro atoms. The van der Waals surface area contributed by atoms with Crippen LogP contribution in [-0.4, -0.2) is 16.4 Å². The van der Waals surface area contributed by atoms with Gasteiger partial charge in [0.15, 0.2) is 0 Å². The summed E-state index contributed by atoms with van der Waals surface area (Å²) in [5.74, 6) is 0.0989. The van der Waals surface area contributed by atoms with Gasteiger partial charge in [-0.2, -0.15) is 0 Å². The predicted molar refractivity (Wildman–Crippen MR) is 79.8 cm³/mol. The van der Waals surface area contributed by atoms with Crippen molar-refractivity contribution in [1.82, 2.24) is 4.98 Å². The summed E-state index contributed by atoms with van der Waals surface area (Å²) < 4.78 is 0. The first-order valence-corrected chi connectivity index (χ1v) is 7.26. The molecule has 2 N–H and O–H groups in total. The van der Waals surface area contributed by atoms with Gasteiger partial charge in [0.05, 0.1) is 23.1 Å². The number of aromatic nitrogens is 1. The van der Waals surface area contributed by atoms with Crippen LogP contribution in [0.5, 0.6) is 0 Å². The number of carbonyl (C=O) groups excluding carboxylic acids is 1. The van der Waals surface area contributed by atoms with Crippen LogP contribution in [0.2, 0.25) is 0 Å². The van der Waals surface area contributed by atoms with Crippen LogP contribution >= 0.6 is 0 Å². The van der Waals surface area contributed by atoms with Crippen LogP contribution in [-0.2, 0) is 4.79 Å². The molecule has 1 amide bonds. The Balaban J connectivity index is 1.87. The predicted octanol–water partition coefficient (Wildman–Crippen LogP) is 3.30. The fraction of sp³-hybridized carbons (Fsp3) is 0.375. The summed E-state index contributed by atoms with van der Waals surface area (Å²) in [7, 11) is 0. The van der Waals surface area contributed by atoms with Crippen LogP contribution in [0.3, 0.4) is 0 Å². The van der Waals surface area contributed by atoms with Gasteiger partial charge < -0.3 is 10.6 Å². The highest BCUT2D eigenvalue weighted by Gasteiger charge is 2.43. The highest BCUT2D eigenvalue weighted by molar-refractivity contribution is 6.11. The quantitative estimate of drug-likeness (QED) is 0.770.